The van der Waals surface area contributed by atoms with Crippen LogP contribution >= 0.6 is 0 Å². The van der Waals surface area contributed by atoms with Gasteiger partial charge in [-0.1, -0.05) is 30.3 Å². The van der Waals surface area contributed by atoms with Crippen LogP contribution in [-0.4, -0.2) is 28.4 Å². The maximum Gasteiger partial charge on any atom is 0.332 e. The van der Waals surface area contributed by atoms with E-state index in [1.807, 2.05) is 6.92 Å². The second-order valence-corrected chi connectivity index (χ2v) is 8.70. The Kier molecular flexibility index (Phi) is 5.83. The summed E-state index contributed by atoms with van der Waals surface area (Å²) in [5.41, 5.74) is 0.618. The maximum atomic E-state index is 13.8. The van der Waals surface area contributed by atoms with Crippen LogP contribution in [-0.2, 0) is 17.9 Å². The highest BCUT2D eigenvalue weighted by molar-refractivity contribution is 6.03. The molecule has 0 unspecified atom stereocenters. The summed E-state index contributed by atoms with van der Waals surface area (Å²) in [5.74, 6) is 1.18. The summed E-state index contributed by atoms with van der Waals surface area (Å²) >= 11 is 0. The van der Waals surface area contributed by atoms with Gasteiger partial charge < -0.3 is 23.9 Å². The van der Waals surface area contributed by atoms with Crippen LogP contribution in [0.5, 0.6) is 17.2 Å². The quantitative estimate of drug-likeness (QED) is 0.353. The van der Waals surface area contributed by atoms with Crippen LogP contribution in [0.1, 0.15) is 12.5 Å². The van der Waals surface area contributed by atoms with Crippen molar-refractivity contribution >= 4 is 33.7 Å². The molecule has 0 spiro atoms. The minimum atomic E-state index is -0.639. The number of nitrogens with one attached hydrogen (secondary N) is 1. The lowest BCUT2D eigenvalue weighted by Gasteiger charge is -2.14. The van der Waals surface area contributed by atoms with Gasteiger partial charge in [0.05, 0.1) is 18.8 Å². The average Bonchev–Trinajstić information content (AvgIpc) is 3.55. The Hall–Kier alpha value is -4.99. The summed E-state index contributed by atoms with van der Waals surface area (Å²) in [4.78, 5) is 40.4. The van der Waals surface area contributed by atoms with Crippen LogP contribution in [0, 0.1) is 0 Å². The van der Waals surface area contributed by atoms with E-state index >= 15 is 0 Å². The lowest BCUT2D eigenvalue weighted by Crippen LogP contribution is -2.41. The molecular formula is C28H23N3O7. The predicted molar refractivity (Wildman–Crippen MR) is 140 cm³/mol. The van der Waals surface area contributed by atoms with E-state index in [1.54, 1.807) is 66.7 Å². The van der Waals surface area contributed by atoms with Crippen molar-refractivity contribution < 1.29 is 23.4 Å². The van der Waals surface area contributed by atoms with E-state index in [1.165, 1.54) is 4.57 Å². The minimum absolute atomic E-state index is 0.00550. The molecule has 0 radical (unpaired) electrons. The second-order valence-electron chi connectivity index (χ2n) is 8.70. The summed E-state index contributed by atoms with van der Waals surface area (Å²) in [7, 11) is 0. The maximum absolute atomic E-state index is 13.8. The Bertz CT molecular complexity index is 1820. The molecule has 5 aromatic rings. The Labute approximate surface area is 215 Å². The van der Waals surface area contributed by atoms with Crippen molar-refractivity contribution in [1.82, 2.24) is 9.13 Å². The van der Waals surface area contributed by atoms with Crippen molar-refractivity contribution in [3.63, 3.8) is 0 Å². The smallest absolute Gasteiger partial charge is 0.332 e. The normalized spacial score (nSPS) is 12.2. The highest BCUT2D eigenvalue weighted by Crippen LogP contribution is 2.33. The standard InChI is InChI=1S/C28H23N3O7/c1-2-35-21-10-6-4-8-19(21)29-24(32)15-30-25-18-7-3-5-9-20(18)38-26(25)27(33)31(28(30)34)14-17-11-12-22-23(13-17)37-16-36-22/h3-13H,2,14-16H2,1H3,(H,29,32). The number of nitrogens with zero attached hydrogens (tertiary/aromatic N) is 2. The Morgan fingerprint density at radius 1 is 0.974 bits per heavy atom. The molecule has 6 rings (SSSR count). The molecule has 3 aromatic carbocycles. The number of anilines is 1. The van der Waals surface area contributed by atoms with Gasteiger partial charge >= 0.3 is 5.69 Å². The highest BCUT2D eigenvalue weighted by Gasteiger charge is 2.22. The molecule has 0 saturated carbocycles. The average molecular weight is 514 g/mol. The number of amides is 1. The molecule has 0 bridgehead atoms. The SMILES string of the molecule is CCOc1ccccc1NC(=O)Cn1c(=O)n(Cc2ccc3c(c2)OCO3)c(=O)c2oc3ccccc3c21. The van der Waals surface area contributed by atoms with Gasteiger partial charge in [-0.05, 0) is 48.9 Å². The summed E-state index contributed by atoms with van der Waals surface area (Å²) in [6.07, 6.45) is 0. The van der Waals surface area contributed by atoms with Gasteiger partial charge in [0.15, 0.2) is 11.5 Å². The predicted octanol–water partition coefficient (Wildman–Crippen LogP) is 3.72. The van der Waals surface area contributed by atoms with Crippen molar-refractivity contribution in [3.05, 3.63) is 93.1 Å². The largest absolute Gasteiger partial charge is 0.492 e. The monoisotopic (exact) mass is 513 g/mol. The number of carbonyl (C=O) groups is 1. The number of furan rings is 1. The van der Waals surface area contributed by atoms with Gasteiger partial charge in [0, 0.05) is 5.39 Å². The number of aromatic nitrogens is 2. The zero-order valence-electron chi connectivity index (χ0n) is 20.4. The second kappa shape index (κ2) is 9.47. The van der Waals surface area contributed by atoms with Gasteiger partial charge in [-0.15, -0.1) is 0 Å². The molecule has 1 N–H and O–H groups in total. The number of benzene rings is 3. The third-order valence-corrected chi connectivity index (χ3v) is 6.28. The lowest BCUT2D eigenvalue weighted by molar-refractivity contribution is -0.116. The Balaban J connectivity index is 1.45. The van der Waals surface area contributed by atoms with E-state index in [2.05, 4.69) is 5.32 Å². The first-order valence-electron chi connectivity index (χ1n) is 12.1. The van der Waals surface area contributed by atoms with Crippen LogP contribution < -0.4 is 30.8 Å². The Morgan fingerprint density at radius 2 is 1.76 bits per heavy atom. The van der Waals surface area contributed by atoms with E-state index < -0.39 is 17.2 Å². The third-order valence-electron chi connectivity index (χ3n) is 6.28. The van der Waals surface area contributed by atoms with E-state index in [9.17, 15) is 14.4 Å². The first-order chi connectivity index (χ1) is 18.5. The molecule has 0 fully saturated rings. The fraction of sp³-hybridized carbons (Fsp3) is 0.179. The van der Waals surface area contributed by atoms with Crippen LogP contribution in [0.3, 0.4) is 0 Å². The molecule has 10 nitrogen and oxygen atoms in total. The number of para-hydroxylation sites is 3. The number of fused-ring (bicyclic) bond motifs is 4. The number of ether oxygens (including phenoxy) is 3. The molecule has 10 heteroatoms. The number of carbonyl (C=O) groups excluding carboxylic acids is 1. The molecule has 1 aliphatic heterocycles. The fourth-order valence-electron chi connectivity index (χ4n) is 4.59. The van der Waals surface area contributed by atoms with Crippen LogP contribution in [0.2, 0.25) is 0 Å². The van der Waals surface area contributed by atoms with Gasteiger partial charge in [0.1, 0.15) is 23.4 Å². The fourth-order valence-corrected chi connectivity index (χ4v) is 4.59. The van der Waals surface area contributed by atoms with Gasteiger partial charge in [-0.2, -0.15) is 0 Å². The van der Waals surface area contributed by atoms with Gasteiger partial charge in [-0.3, -0.25) is 18.7 Å². The van der Waals surface area contributed by atoms with Crippen LogP contribution in [0.4, 0.5) is 5.69 Å². The molecule has 1 amide bonds. The topological polar surface area (TPSA) is 114 Å². The van der Waals surface area contributed by atoms with Crippen molar-refractivity contribution in [3.8, 4) is 17.2 Å². The molecule has 1 aliphatic rings. The summed E-state index contributed by atoms with van der Waals surface area (Å²) in [5, 5.41) is 3.38. The minimum Gasteiger partial charge on any atom is -0.492 e. The molecule has 0 saturated heterocycles. The number of rotatable bonds is 7. The highest BCUT2D eigenvalue weighted by atomic mass is 16.7. The molecular weight excluding hydrogens is 490 g/mol. The first kappa shape index (κ1) is 23.4. The number of hydrogen-bond donors (Lipinski definition) is 1. The summed E-state index contributed by atoms with van der Waals surface area (Å²) in [6, 6.07) is 19.3. The zero-order valence-corrected chi connectivity index (χ0v) is 20.4. The third kappa shape index (κ3) is 4.05. The van der Waals surface area contributed by atoms with E-state index in [0.29, 0.717) is 46.1 Å². The van der Waals surface area contributed by atoms with Crippen molar-refractivity contribution in [2.75, 3.05) is 18.7 Å². The zero-order chi connectivity index (χ0) is 26.2. The molecule has 0 atom stereocenters. The van der Waals surface area contributed by atoms with Crippen LogP contribution in [0.15, 0.2) is 80.7 Å². The molecule has 192 valence electrons. The van der Waals surface area contributed by atoms with E-state index in [0.717, 1.165) is 4.57 Å². The summed E-state index contributed by atoms with van der Waals surface area (Å²) in [6.45, 7) is 2.00. The molecule has 2 aromatic heterocycles. The lowest BCUT2D eigenvalue weighted by atomic mass is 10.2. The summed E-state index contributed by atoms with van der Waals surface area (Å²) < 4.78 is 24.6. The molecule has 0 aliphatic carbocycles. The molecule has 38 heavy (non-hydrogen) atoms. The van der Waals surface area contributed by atoms with E-state index in [4.69, 9.17) is 18.6 Å². The first-order valence-corrected chi connectivity index (χ1v) is 12.1. The van der Waals surface area contributed by atoms with Gasteiger partial charge in [-0.25, -0.2) is 4.79 Å². The van der Waals surface area contributed by atoms with Gasteiger partial charge in [0.25, 0.3) is 5.56 Å². The van der Waals surface area contributed by atoms with Crippen molar-refractivity contribution in [2.45, 2.75) is 20.0 Å². The van der Waals surface area contributed by atoms with Crippen LogP contribution in [0.25, 0.3) is 22.1 Å². The van der Waals surface area contributed by atoms with Gasteiger partial charge in [0.2, 0.25) is 18.3 Å². The Morgan fingerprint density at radius 3 is 2.63 bits per heavy atom. The number of hydrogen-bond acceptors (Lipinski definition) is 7. The van der Waals surface area contributed by atoms with E-state index in [-0.39, 0.29) is 31.0 Å². The van der Waals surface area contributed by atoms with Crippen molar-refractivity contribution in [2.24, 2.45) is 0 Å². The molecule has 3 heterocycles. The van der Waals surface area contributed by atoms with Crippen molar-refractivity contribution in [1.29, 1.82) is 0 Å².